The highest BCUT2D eigenvalue weighted by Gasteiger charge is 2.48. The number of ether oxygens (including phenoxy) is 2. The maximum Gasteiger partial charge on any atom is 0.0633 e. The Morgan fingerprint density at radius 3 is 2.36 bits per heavy atom. The van der Waals surface area contributed by atoms with E-state index in [4.69, 9.17) is 9.47 Å². The number of hydrogen-bond acceptors (Lipinski definition) is 3. The normalized spacial score (nSPS) is 32.8. The molecule has 3 nitrogen and oxygen atoms in total. The monoisotopic (exact) mass is 352 g/mol. The van der Waals surface area contributed by atoms with Crippen LogP contribution in [0.25, 0.3) is 0 Å². The first-order valence-electron chi connectivity index (χ1n) is 10.9. The quantitative estimate of drug-likeness (QED) is 0.534. The molecule has 1 aliphatic carbocycles. The summed E-state index contributed by atoms with van der Waals surface area (Å²) >= 11 is 0. The Morgan fingerprint density at radius 2 is 1.64 bits per heavy atom. The van der Waals surface area contributed by atoms with Crippen molar-refractivity contribution >= 4 is 0 Å². The van der Waals surface area contributed by atoms with Gasteiger partial charge < -0.3 is 14.6 Å². The summed E-state index contributed by atoms with van der Waals surface area (Å²) in [5.41, 5.74) is 0.0894. The van der Waals surface area contributed by atoms with Gasteiger partial charge in [-0.1, -0.05) is 46.0 Å². The Bertz CT molecular complexity index is 389. The SMILES string of the molecule is CC(C)(CO)CCCCC[C@@H]1[C@H](COCC2CCCC2)[C@@H]2CC[C@H]1O2. The van der Waals surface area contributed by atoms with E-state index in [2.05, 4.69) is 13.8 Å². The summed E-state index contributed by atoms with van der Waals surface area (Å²) in [6.07, 6.45) is 15.3. The van der Waals surface area contributed by atoms with Crippen LogP contribution in [0.2, 0.25) is 0 Å². The minimum absolute atomic E-state index is 0.0894. The third kappa shape index (κ3) is 5.43. The summed E-state index contributed by atoms with van der Waals surface area (Å²) in [7, 11) is 0. The molecule has 3 aliphatic rings. The van der Waals surface area contributed by atoms with Crippen molar-refractivity contribution in [2.75, 3.05) is 19.8 Å². The molecule has 3 rings (SSSR count). The van der Waals surface area contributed by atoms with Gasteiger partial charge in [-0.2, -0.15) is 0 Å². The van der Waals surface area contributed by atoms with Crippen molar-refractivity contribution in [1.29, 1.82) is 0 Å². The summed E-state index contributed by atoms with van der Waals surface area (Å²) in [5, 5.41) is 9.36. The van der Waals surface area contributed by atoms with Crippen molar-refractivity contribution in [3.8, 4) is 0 Å². The van der Waals surface area contributed by atoms with E-state index in [-0.39, 0.29) is 5.41 Å². The van der Waals surface area contributed by atoms with E-state index in [0.717, 1.165) is 31.5 Å². The third-order valence-corrected chi connectivity index (χ3v) is 7.05. The maximum absolute atomic E-state index is 9.36. The van der Waals surface area contributed by atoms with Crippen LogP contribution in [0, 0.1) is 23.2 Å². The van der Waals surface area contributed by atoms with Crippen LogP contribution in [0.1, 0.15) is 84.5 Å². The molecule has 0 aromatic rings. The largest absolute Gasteiger partial charge is 0.396 e. The number of aliphatic hydroxyl groups is 1. The zero-order chi connectivity index (χ0) is 17.7. The second kappa shape index (κ2) is 9.19. The van der Waals surface area contributed by atoms with Crippen molar-refractivity contribution < 1.29 is 14.6 Å². The molecular formula is C22H40O3. The molecule has 3 heteroatoms. The van der Waals surface area contributed by atoms with Gasteiger partial charge in [0, 0.05) is 19.1 Å². The number of rotatable bonds is 11. The Labute approximate surface area is 154 Å². The van der Waals surface area contributed by atoms with Crippen molar-refractivity contribution in [3.63, 3.8) is 0 Å². The van der Waals surface area contributed by atoms with Crippen LogP contribution in [0.4, 0.5) is 0 Å². The summed E-state index contributed by atoms with van der Waals surface area (Å²) in [6.45, 7) is 6.54. The highest BCUT2D eigenvalue weighted by Crippen LogP contribution is 2.46. The van der Waals surface area contributed by atoms with Crippen molar-refractivity contribution in [2.24, 2.45) is 23.2 Å². The highest BCUT2D eigenvalue weighted by molar-refractivity contribution is 4.96. The minimum Gasteiger partial charge on any atom is -0.396 e. The molecule has 0 amide bonds. The maximum atomic E-state index is 9.36. The fraction of sp³-hybridized carbons (Fsp3) is 1.00. The number of aliphatic hydroxyl groups excluding tert-OH is 1. The molecule has 0 aromatic heterocycles. The Morgan fingerprint density at radius 1 is 0.920 bits per heavy atom. The Kier molecular flexibility index (Phi) is 7.22. The molecule has 4 atom stereocenters. The van der Waals surface area contributed by atoms with Gasteiger partial charge in [0.2, 0.25) is 0 Å². The third-order valence-electron chi connectivity index (χ3n) is 7.05. The van der Waals surface area contributed by atoms with Gasteiger partial charge in [-0.05, 0) is 55.8 Å². The lowest BCUT2D eigenvalue weighted by atomic mass is 9.77. The van der Waals surface area contributed by atoms with Crippen LogP contribution < -0.4 is 0 Å². The smallest absolute Gasteiger partial charge is 0.0633 e. The van der Waals surface area contributed by atoms with Gasteiger partial charge in [0.25, 0.3) is 0 Å². The standard InChI is InChI=1S/C22H40O3/c1-22(2,16-23)13-7-3-4-10-18-19(21-12-11-20(18)25-21)15-24-14-17-8-5-6-9-17/h17-21,23H,3-16H2,1-2H3/t18-,19+,20-,21+/m1/s1. The Balaban J connectivity index is 1.35. The highest BCUT2D eigenvalue weighted by atomic mass is 16.5. The summed E-state index contributed by atoms with van der Waals surface area (Å²) in [5.74, 6) is 2.20. The molecule has 2 saturated heterocycles. The van der Waals surface area contributed by atoms with Crippen LogP contribution in [0.3, 0.4) is 0 Å². The van der Waals surface area contributed by atoms with Crippen molar-refractivity contribution in [2.45, 2.75) is 96.7 Å². The van der Waals surface area contributed by atoms with E-state index in [1.165, 1.54) is 64.2 Å². The fourth-order valence-electron chi connectivity index (χ4n) is 5.29. The first-order valence-corrected chi connectivity index (χ1v) is 10.9. The molecule has 146 valence electrons. The summed E-state index contributed by atoms with van der Waals surface area (Å²) < 4.78 is 12.4. The molecule has 1 N–H and O–H groups in total. The summed E-state index contributed by atoms with van der Waals surface area (Å²) in [4.78, 5) is 0. The van der Waals surface area contributed by atoms with E-state index in [1.807, 2.05) is 0 Å². The number of unbranched alkanes of at least 4 members (excludes halogenated alkanes) is 2. The van der Waals surface area contributed by atoms with Crippen molar-refractivity contribution in [3.05, 3.63) is 0 Å². The second-order valence-electron chi connectivity index (χ2n) is 9.73. The van der Waals surface area contributed by atoms with Gasteiger partial charge in [0.1, 0.15) is 0 Å². The van der Waals surface area contributed by atoms with E-state index >= 15 is 0 Å². The first-order chi connectivity index (χ1) is 12.1. The molecule has 3 fully saturated rings. The molecule has 2 bridgehead atoms. The van der Waals surface area contributed by atoms with Gasteiger partial charge in [0.15, 0.2) is 0 Å². The van der Waals surface area contributed by atoms with Crippen LogP contribution in [-0.4, -0.2) is 37.1 Å². The number of fused-ring (bicyclic) bond motifs is 2. The van der Waals surface area contributed by atoms with E-state index in [1.54, 1.807) is 0 Å². The Hall–Kier alpha value is -0.120. The molecule has 0 spiro atoms. The molecule has 1 saturated carbocycles. The predicted molar refractivity (Wildman–Crippen MR) is 102 cm³/mol. The zero-order valence-corrected chi connectivity index (χ0v) is 16.5. The molecule has 0 aromatic carbocycles. The summed E-state index contributed by atoms with van der Waals surface area (Å²) in [6, 6.07) is 0. The molecular weight excluding hydrogens is 312 g/mol. The molecule has 0 radical (unpaired) electrons. The van der Waals surface area contributed by atoms with Crippen LogP contribution in [0.5, 0.6) is 0 Å². The van der Waals surface area contributed by atoms with Gasteiger partial charge >= 0.3 is 0 Å². The lowest BCUT2D eigenvalue weighted by Gasteiger charge is -2.28. The lowest BCUT2D eigenvalue weighted by Crippen LogP contribution is -2.31. The zero-order valence-electron chi connectivity index (χ0n) is 16.5. The predicted octanol–water partition coefficient (Wildman–Crippen LogP) is 4.96. The number of hydrogen-bond donors (Lipinski definition) is 1. The average Bonchev–Trinajstić information content (AvgIpc) is 3.32. The average molecular weight is 353 g/mol. The van der Waals surface area contributed by atoms with Gasteiger partial charge in [-0.25, -0.2) is 0 Å². The van der Waals surface area contributed by atoms with Crippen molar-refractivity contribution in [1.82, 2.24) is 0 Å². The molecule has 0 unspecified atom stereocenters. The fourth-order valence-corrected chi connectivity index (χ4v) is 5.29. The molecule has 2 aliphatic heterocycles. The van der Waals surface area contributed by atoms with E-state index in [0.29, 0.717) is 24.7 Å². The lowest BCUT2D eigenvalue weighted by molar-refractivity contribution is 0.0343. The molecule has 25 heavy (non-hydrogen) atoms. The first kappa shape index (κ1) is 19.6. The van der Waals surface area contributed by atoms with E-state index in [9.17, 15) is 5.11 Å². The van der Waals surface area contributed by atoms with Crippen LogP contribution in [-0.2, 0) is 9.47 Å². The second-order valence-corrected chi connectivity index (χ2v) is 9.73. The van der Waals surface area contributed by atoms with Gasteiger partial charge in [-0.15, -0.1) is 0 Å². The van der Waals surface area contributed by atoms with Gasteiger partial charge in [0.05, 0.1) is 18.8 Å². The van der Waals surface area contributed by atoms with Crippen LogP contribution in [0.15, 0.2) is 0 Å². The minimum atomic E-state index is 0.0894. The molecule has 2 heterocycles. The van der Waals surface area contributed by atoms with Crippen LogP contribution >= 0.6 is 0 Å². The topological polar surface area (TPSA) is 38.7 Å². The van der Waals surface area contributed by atoms with Gasteiger partial charge in [-0.3, -0.25) is 0 Å². The van der Waals surface area contributed by atoms with E-state index < -0.39 is 0 Å².